The van der Waals surface area contributed by atoms with Crippen LogP contribution in [0.4, 0.5) is 4.79 Å². The number of carbonyl (C=O) groups is 2. The highest BCUT2D eigenvalue weighted by atomic mass is 16.5. The van der Waals surface area contributed by atoms with Crippen LogP contribution in [-0.2, 0) is 4.74 Å². The van der Waals surface area contributed by atoms with Gasteiger partial charge in [0.05, 0.1) is 24.1 Å². The smallest absolute Gasteiger partial charge is 0.346 e. The maximum Gasteiger partial charge on any atom is 0.346 e. The molecule has 1 aliphatic heterocycles. The van der Waals surface area contributed by atoms with Crippen LogP contribution in [0.5, 0.6) is 0 Å². The fraction of sp³-hybridized carbons (Fsp3) is 0.188. The Hall–Kier alpha value is -2.69. The predicted octanol–water partition coefficient (Wildman–Crippen LogP) is 2.48. The van der Waals surface area contributed by atoms with Crippen LogP contribution in [0.15, 0.2) is 47.1 Å². The van der Waals surface area contributed by atoms with E-state index in [1.807, 2.05) is 31.2 Å². The van der Waals surface area contributed by atoms with Crippen molar-refractivity contribution in [2.45, 2.75) is 12.8 Å². The SMILES string of the molecule is COC(=O)c1cccc(C)c1C1C=CC2=NC(=O)NC2=C1. The zero-order chi connectivity index (χ0) is 15.0. The van der Waals surface area contributed by atoms with Crippen molar-refractivity contribution in [1.29, 1.82) is 0 Å². The number of ether oxygens (including phenoxy) is 1. The van der Waals surface area contributed by atoms with Gasteiger partial charge in [-0.05, 0) is 36.3 Å². The zero-order valence-corrected chi connectivity index (χ0v) is 11.7. The van der Waals surface area contributed by atoms with Gasteiger partial charge in [0.2, 0.25) is 0 Å². The number of nitrogens with zero attached hydrogens (tertiary/aromatic N) is 1. The number of nitrogens with one attached hydrogen (secondary N) is 1. The maximum absolute atomic E-state index is 11.9. The van der Waals surface area contributed by atoms with Gasteiger partial charge < -0.3 is 10.1 Å². The molecule has 1 atom stereocenters. The Labute approximate surface area is 122 Å². The van der Waals surface area contributed by atoms with Crippen molar-refractivity contribution in [2.75, 3.05) is 7.11 Å². The number of allylic oxidation sites excluding steroid dienone is 3. The van der Waals surface area contributed by atoms with Crippen molar-refractivity contribution in [3.63, 3.8) is 0 Å². The Kier molecular flexibility index (Phi) is 3.17. The van der Waals surface area contributed by atoms with Crippen molar-refractivity contribution >= 4 is 17.7 Å². The lowest BCUT2D eigenvalue weighted by molar-refractivity contribution is 0.0599. The normalized spacial score (nSPS) is 19.5. The van der Waals surface area contributed by atoms with Gasteiger partial charge in [-0.1, -0.05) is 18.2 Å². The zero-order valence-electron chi connectivity index (χ0n) is 11.7. The average molecular weight is 282 g/mol. The molecule has 5 heteroatoms. The van der Waals surface area contributed by atoms with E-state index in [-0.39, 0.29) is 17.9 Å². The summed E-state index contributed by atoms with van der Waals surface area (Å²) in [6.07, 6.45) is 5.63. The summed E-state index contributed by atoms with van der Waals surface area (Å²) < 4.78 is 4.85. The number of rotatable bonds is 2. The molecule has 1 aliphatic carbocycles. The van der Waals surface area contributed by atoms with Gasteiger partial charge in [-0.3, -0.25) is 0 Å². The van der Waals surface area contributed by atoms with E-state index in [1.165, 1.54) is 7.11 Å². The number of hydrogen-bond donors (Lipinski definition) is 1. The summed E-state index contributed by atoms with van der Waals surface area (Å²) in [5.74, 6) is -0.469. The number of esters is 1. The lowest BCUT2D eigenvalue weighted by atomic mass is 9.86. The molecule has 0 saturated carbocycles. The molecule has 1 heterocycles. The minimum atomic E-state index is -0.365. The number of amides is 2. The molecule has 1 unspecified atom stereocenters. The molecule has 21 heavy (non-hydrogen) atoms. The highest BCUT2D eigenvalue weighted by Crippen LogP contribution is 2.31. The highest BCUT2D eigenvalue weighted by molar-refractivity contribution is 6.19. The average Bonchev–Trinajstić information content (AvgIpc) is 2.85. The molecular formula is C16H14N2O3. The number of aliphatic imine (C=N–C) groups is 1. The van der Waals surface area contributed by atoms with Crippen molar-refractivity contribution in [2.24, 2.45) is 4.99 Å². The Morgan fingerprint density at radius 2 is 2.19 bits per heavy atom. The quantitative estimate of drug-likeness (QED) is 0.847. The van der Waals surface area contributed by atoms with Crippen LogP contribution in [0.25, 0.3) is 0 Å². The van der Waals surface area contributed by atoms with E-state index >= 15 is 0 Å². The number of fused-ring (bicyclic) bond motifs is 1. The van der Waals surface area contributed by atoms with E-state index in [0.717, 1.165) is 11.1 Å². The van der Waals surface area contributed by atoms with E-state index in [0.29, 0.717) is 17.0 Å². The molecule has 0 fully saturated rings. The third-order valence-electron chi connectivity index (χ3n) is 3.61. The molecular weight excluding hydrogens is 268 g/mol. The van der Waals surface area contributed by atoms with Gasteiger partial charge in [-0.25, -0.2) is 9.59 Å². The molecule has 106 valence electrons. The third kappa shape index (κ3) is 2.27. The van der Waals surface area contributed by atoms with Crippen molar-refractivity contribution < 1.29 is 14.3 Å². The second kappa shape index (κ2) is 5.01. The number of carbonyl (C=O) groups excluding carboxylic acids is 2. The number of methoxy groups -OCH3 is 1. The van der Waals surface area contributed by atoms with Crippen molar-refractivity contribution in [3.05, 3.63) is 58.8 Å². The Morgan fingerprint density at radius 1 is 1.38 bits per heavy atom. The van der Waals surface area contributed by atoms with Crippen LogP contribution in [-0.4, -0.2) is 24.8 Å². The lowest BCUT2D eigenvalue weighted by Crippen LogP contribution is -2.18. The summed E-state index contributed by atoms with van der Waals surface area (Å²) in [6.45, 7) is 1.95. The molecule has 3 rings (SSSR count). The van der Waals surface area contributed by atoms with Crippen LogP contribution in [0.1, 0.15) is 27.4 Å². The topological polar surface area (TPSA) is 67.8 Å². The molecule has 0 saturated heterocycles. The van der Waals surface area contributed by atoms with E-state index in [1.54, 1.807) is 12.1 Å². The van der Waals surface area contributed by atoms with Gasteiger partial charge in [-0.15, -0.1) is 0 Å². The van der Waals surface area contributed by atoms with Crippen LogP contribution >= 0.6 is 0 Å². The summed E-state index contributed by atoms with van der Waals surface area (Å²) in [5.41, 5.74) is 3.73. The first-order valence-corrected chi connectivity index (χ1v) is 6.58. The van der Waals surface area contributed by atoms with Crippen LogP contribution in [0.3, 0.4) is 0 Å². The highest BCUT2D eigenvalue weighted by Gasteiger charge is 2.25. The van der Waals surface area contributed by atoms with E-state index in [4.69, 9.17) is 4.74 Å². The Morgan fingerprint density at radius 3 is 2.95 bits per heavy atom. The first-order chi connectivity index (χ1) is 10.1. The minimum absolute atomic E-state index is 0.104. The molecule has 1 aromatic carbocycles. The largest absolute Gasteiger partial charge is 0.465 e. The summed E-state index contributed by atoms with van der Waals surface area (Å²) in [7, 11) is 1.37. The molecule has 5 nitrogen and oxygen atoms in total. The fourth-order valence-corrected chi connectivity index (χ4v) is 2.65. The second-order valence-corrected chi connectivity index (χ2v) is 4.92. The van der Waals surface area contributed by atoms with E-state index < -0.39 is 0 Å². The van der Waals surface area contributed by atoms with Crippen molar-refractivity contribution in [3.8, 4) is 0 Å². The van der Waals surface area contributed by atoms with E-state index in [2.05, 4.69) is 10.3 Å². The van der Waals surface area contributed by atoms with Gasteiger partial charge >= 0.3 is 12.0 Å². The van der Waals surface area contributed by atoms with Gasteiger partial charge in [0, 0.05) is 5.92 Å². The summed E-state index contributed by atoms with van der Waals surface area (Å²) in [6, 6.07) is 5.16. The van der Waals surface area contributed by atoms with Crippen LogP contribution in [0, 0.1) is 6.92 Å². The van der Waals surface area contributed by atoms with Gasteiger partial charge in [-0.2, -0.15) is 4.99 Å². The summed E-state index contributed by atoms with van der Waals surface area (Å²) in [5, 5.41) is 2.69. The molecule has 0 aromatic heterocycles. The van der Waals surface area contributed by atoms with Crippen molar-refractivity contribution in [1.82, 2.24) is 5.32 Å². The third-order valence-corrected chi connectivity index (χ3v) is 3.61. The number of hydrogen-bond acceptors (Lipinski definition) is 3. The standard InChI is InChI=1S/C16H14N2O3/c1-9-4-3-5-11(15(19)21-2)14(9)10-6-7-12-13(8-10)18-16(20)17-12/h3-8,10H,1-2H3,(H,18,20). The van der Waals surface area contributed by atoms with Gasteiger partial charge in [0.25, 0.3) is 0 Å². The van der Waals surface area contributed by atoms with Crippen LogP contribution in [0.2, 0.25) is 0 Å². The minimum Gasteiger partial charge on any atom is -0.465 e. The van der Waals surface area contributed by atoms with Crippen LogP contribution < -0.4 is 5.32 Å². The summed E-state index contributed by atoms with van der Waals surface area (Å²) >= 11 is 0. The molecule has 1 aromatic rings. The lowest BCUT2D eigenvalue weighted by Gasteiger charge is -2.19. The Balaban J connectivity index is 2.07. The molecule has 2 aliphatic rings. The first-order valence-electron chi connectivity index (χ1n) is 6.58. The number of urea groups is 1. The van der Waals surface area contributed by atoms with E-state index in [9.17, 15) is 9.59 Å². The second-order valence-electron chi connectivity index (χ2n) is 4.92. The fourth-order valence-electron chi connectivity index (χ4n) is 2.65. The molecule has 0 spiro atoms. The molecule has 0 bridgehead atoms. The first kappa shape index (κ1) is 13.3. The number of benzene rings is 1. The van der Waals surface area contributed by atoms with Gasteiger partial charge in [0.15, 0.2) is 0 Å². The number of aryl methyl sites for hydroxylation is 1. The predicted molar refractivity (Wildman–Crippen MR) is 78.4 cm³/mol. The molecule has 0 radical (unpaired) electrons. The van der Waals surface area contributed by atoms with Gasteiger partial charge in [0.1, 0.15) is 0 Å². The molecule has 2 amide bonds. The Bertz CT molecular complexity index is 729. The monoisotopic (exact) mass is 282 g/mol. The molecule has 1 N–H and O–H groups in total. The summed E-state index contributed by atoms with van der Waals surface area (Å²) in [4.78, 5) is 27.1. The maximum atomic E-state index is 11.9.